The summed E-state index contributed by atoms with van der Waals surface area (Å²) in [6, 6.07) is 1.40. The van der Waals surface area contributed by atoms with E-state index < -0.39 is 0 Å². The first kappa shape index (κ1) is 12.4. The molecule has 0 saturated heterocycles. The van der Waals surface area contributed by atoms with E-state index in [9.17, 15) is 9.59 Å². The Morgan fingerprint density at radius 1 is 1.44 bits per heavy atom. The number of aryl methyl sites for hydroxylation is 2. The molecule has 0 aromatic carbocycles. The Balaban J connectivity index is 2.03. The van der Waals surface area contributed by atoms with Crippen LogP contribution in [0.15, 0.2) is 16.2 Å². The van der Waals surface area contributed by atoms with E-state index in [1.165, 1.54) is 17.4 Å². The van der Waals surface area contributed by atoms with Crippen LogP contribution in [0.2, 0.25) is 0 Å². The monoisotopic (exact) mass is 264 g/mol. The molecule has 0 spiro atoms. The average molecular weight is 264 g/mol. The third-order valence-corrected chi connectivity index (χ3v) is 2.96. The van der Waals surface area contributed by atoms with E-state index in [1.807, 2.05) is 6.92 Å². The Hall–Kier alpha value is -2.02. The van der Waals surface area contributed by atoms with Gasteiger partial charge in [0, 0.05) is 17.1 Å². The third kappa shape index (κ3) is 3.01. The Morgan fingerprint density at radius 2 is 2.22 bits per heavy atom. The summed E-state index contributed by atoms with van der Waals surface area (Å²) in [5.41, 5.74) is 0.774. The molecule has 2 aromatic heterocycles. The zero-order valence-corrected chi connectivity index (χ0v) is 10.8. The molecule has 0 atom stereocenters. The Labute approximate surface area is 107 Å². The SMILES string of the molecule is Cc1cc(=O)[nH]c(CNC(=O)c2csc(C)n2)n1. The van der Waals surface area contributed by atoms with Crippen molar-refractivity contribution in [2.45, 2.75) is 20.4 Å². The Morgan fingerprint density at radius 3 is 2.83 bits per heavy atom. The number of hydrogen-bond donors (Lipinski definition) is 2. The maximum atomic E-state index is 11.7. The zero-order valence-electron chi connectivity index (χ0n) is 9.98. The van der Waals surface area contributed by atoms with Gasteiger partial charge in [-0.3, -0.25) is 9.59 Å². The molecule has 2 aromatic rings. The standard InChI is InChI=1S/C11H12N4O2S/c1-6-3-10(16)15-9(13-6)4-12-11(17)8-5-18-7(2)14-8/h3,5H,4H2,1-2H3,(H,12,17)(H,13,15,16). The van der Waals surface area contributed by atoms with E-state index in [0.717, 1.165) is 5.01 Å². The molecule has 2 heterocycles. The molecule has 0 bridgehead atoms. The number of nitrogens with zero attached hydrogens (tertiary/aromatic N) is 2. The van der Waals surface area contributed by atoms with Gasteiger partial charge in [-0.05, 0) is 13.8 Å². The lowest BCUT2D eigenvalue weighted by Crippen LogP contribution is -2.26. The predicted molar refractivity (Wildman–Crippen MR) is 67.6 cm³/mol. The number of hydrogen-bond acceptors (Lipinski definition) is 5. The number of amides is 1. The number of thiazole rings is 1. The van der Waals surface area contributed by atoms with Crippen molar-refractivity contribution in [3.63, 3.8) is 0 Å². The second-order valence-electron chi connectivity index (χ2n) is 3.77. The summed E-state index contributed by atoms with van der Waals surface area (Å²) < 4.78 is 0. The van der Waals surface area contributed by atoms with Gasteiger partial charge >= 0.3 is 0 Å². The van der Waals surface area contributed by atoms with Crippen molar-refractivity contribution < 1.29 is 4.79 Å². The summed E-state index contributed by atoms with van der Waals surface area (Å²) in [7, 11) is 0. The molecule has 1 amide bonds. The van der Waals surface area contributed by atoms with Crippen LogP contribution < -0.4 is 10.9 Å². The van der Waals surface area contributed by atoms with Gasteiger partial charge in [-0.1, -0.05) is 0 Å². The maximum absolute atomic E-state index is 11.7. The van der Waals surface area contributed by atoms with Gasteiger partial charge in [0.1, 0.15) is 11.5 Å². The lowest BCUT2D eigenvalue weighted by molar-refractivity contribution is 0.0945. The summed E-state index contributed by atoms with van der Waals surface area (Å²) in [6.45, 7) is 3.73. The van der Waals surface area contributed by atoms with Crippen LogP contribution >= 0.6 is 11.3 Å². The van der Waals surface area contributed by atoms with Gasteiger partial charge in [-0.2, -0.15) is 0 Å². The van der Waals surface area contributed by atoms with E-state index in [1.54, 1.807) is 12.3 Å². The smallest absolute Gasteiger partial charge is 0.271 e. The molecule has 0 fully saturated rings. The number of carbonyl (C=O) groups is 1. The normalized spacial score (nSPS) is 10.3. The van der Waals surface area contributed by atoms with Crippen molar-refractivity contribution in [3.05, 3.63) is 44.0 Å². The van der Waals surface area contributed by atoms with E-state index in [2.05, 4.69) is 20.3 Å². The van der Waals surface area contributed by atoms with Gasteiger partial charge in [0.25, 0.3) is 11.5 Å². The number of rotatable bonds is 3. The van der Waals surface area contributed by atoms with Crippen LogP contribution in [-0.2, 0) is 6.54 Å². The van der Waals surface area contributed by atoms with E-state index in [0.29, 0.717) is 17.2 Å². The predicted octanol–water partition coefficient (Wildman–Crippen LogP) is 0.773. The number of aromatic nitrogens is 3. The van der Waals surface area contributed by atoms with Gasteiger partial charge < -0.3 is 10.3 Å². The molecule has 0 aliphatic rings. The highest BCUT2D eigenvalue weighted by atomic mass is 32.1. The molecule has 18 heavy (non-hydrogen) atoms. The van der Waals surface area contributed by atoms with Gasteiger partial charge in [-0.15, -0.1) is 11.3 Å². The molecule has 0 unspecified atom stereocenters. The number of H-pyrrole nitrogens is 1. The van der Waals surface area contributed by atoms with Crippen LogP contribution in [0.1, 0.15) is 27.0 Å². The summed E-state index contributed by atoms with van der Waals surface area (Å²) >= 11 is 1.41. The summed E-state index contributed by atoms with van der Waals surface area (Å²) in [4.78, 5) is 33.7. The van der Waals surface area contributed by atoms with Crippen molar-refractivity contribution in [1.29, 1.82) is 0 Å². The summed E-state index contributed by atoms with van der Waals surface area (Å²) in [5, 5.41) is 5.18. The highest BCUT2D eigenvalue weighted by Crippen LogP contribution is 2.07. The van der Waals surface area contributed by atoms with Crippen LogP contribution in [0.5, 0.6) is 0 Å². The highest BCUT2D eigenvalue weighted by Gasteiger charge is 2.09. The van der Waals surface area contributed by atoms with Gasteiger partial charge in [0.2, 0.25) is 0 Å². The van der Waals surface area contributed by atoms with Crippen LogP contribution in [0.3, 0.4) is 0 Å². The number of aromatic amines is 1. The zero-order chi connectivity index (χ0) is 13.1. The molecular formula is C11H12N4O2S. The minimum atomic E-state index is -0.275. The Kier molecular flexibility index (Phi) is 3.52. The van der Waals surface area contributed by atoms with E-state index in [-0.39, 0.29) is 18.0 Å². The second-order valence-corrected chi connectivity index (χ2v) is 4.83. The lowest BCUT2D eigenvalue weighted by Gasteiger charge is -2.03. The van der Waals surface area contributed by atoms with E-state index in [4.69, 9.17) is 0 Å². The molecule has 0 aliphatic heterocycles. The van der Waals surface area contributed by atoms with Crippen molar-refractivity contribution in [1.82, 2.24) is 20.3 Å². The molecule has 0 saturated carbocycles. The molecule has 7 heteroatoms. The first-order valence-electron chi connectivity index (χ1n) is 5.32. The Bertz CT molecular complexity index is 632. The molecular weight excluding hydrogens is 252 g/mol. The number of nitrogens with one attached hydrogen (secondary N) is 2. The van der Waals surface area contributed by atoms with Crippen LogP contribution in [0.4, 0.5) is 0 Å². The molecule has 2 N–H and O–H groups in total. The molecule has 94 valence electrons. The largest absolute Gasteiger partial charge is 0.343 e. The fourth-order valence-electron chi connectivity index (χ4n) is 1.45. The first-order chi connectivity index (χ1) is 8.54. The number of carbonyl (C=O) groups excluding carboxylic acids is 1. The topological polar surface area (TPSA) is 87.7 Å². The molecule has 0 aliphatic carbocycles. The first-order valence-corrected chi connectivity index (χ1v) is 6.20. The fourth-order valence-corrected chi connectivity index (χ4v) is 2.04. The van der Waals surface area contributed by atoms with Gasteiger partial charge in [-0.25, -0.2) is 9.97 Å². The van der Waals surface area contributed by atoms with Crippen molar-refractivity contribution in [3.8, 4) is 0 Å². The maximum Gasteiger partial charge on any atom is 0.271 e. The van der Waals surface area contributed by atoms with Crippen molar-refractivity contribution >= 4 is 17.2 Å². The van der Waals surface area contributed by atoms with E-state index >= 15 is 0 Å². The minimum absolute atomic E-state index is 0.173. The van der Waals surface area contributed by atoms with Crippen LogP contribution in [-0.4, -0.2) is 20.9 Å². The van der Waals surface area contributed by atoms with Gasteiger partial charge in [0.15, 0.2) is 0 Å². The quantitative estimate of drug-likeness (QED) is 0.857. The minimum Gasteiger partial charge on any atom is -0.343 e. The molecule has 0 radical (unpaired) electrons. The second kappa shape index (κ2) is 5.09. The van der Waals surface area contributed by atoms with Gasteiger partial charge in [0.05, 0.1) is 11.6 Å². The third-order valence-electron chi connectivity index (χ3n) is 2.19. The lowest BCUT2D eigenvalue weighted by atomic mass is 10.4. The summed E-state index contributed by atoms with van der Waals surface area (Å²) in [5.74, 6) is 0.156. The summed E-state index contributed by atoms with van der Waals surface area (Å²) in [6.07, 6.45) is 0. The fraction of sp³-hybridized carbons (Fsp3) is 0.273. The average Bonchev–Trinajstić information content (AvgIpc) is 2.71. The van der Waals surface area contributed by atoms with Crippen molar-refractivity contribution in [2.24, 2.45) is 0 Å². The van der Waals surface area contributed by atoms with Crippen LogP contribution in [0.25, 0.3) is 0 Å². The molecule has 6 nitrogen and oxygen atoms in total. The highest BCUT2D eigenvalue weighted by molar-refractivity contribution is 7.09. The van der Waals surface area contributed by atoms with Crippen LogP contribution in [0, 0.1) is 13.8 Å². The van der Waals surface area contributed by atoms with Crippen molar-refractivity contribution in [2.75, 3.05) is 0 Å². The molecule has 2 rings (SSSR count).